The Hall–Kier alpha value is -4.21. The Morgan fingerprint density at radius 3 is 2.29 bits per heavy atom. The van der Waals surface area contributed by atoms with Gasteiger partial charge in [-0.25, -0.2) is 4.79 Å². The van der Waals surface area contributed by atoms with Crippen LogP contribution in [0.5, 0.6) is 5.75 Å². The first-order valence-corrected chi connectivity index (χ1v) is 14.1. The van der Waals surface area contributed by atoms with E-state index in [2.05, 4.69) is 29.6 Å². The monoisotopic (exact) mass is 557 g/mol. The number of hydrogen-bond acceptors (Lipinski definition) is 7. The molecule has 0 spiro atoms. The molecule has 0 aromatic heterocycles. The number of esters is 1. The van der Waals surface area contributed by atoms with Gasteiger partial charge in [-0.3, -0.25) is 19.8 Å². The lowest BCUT2D eigenvalue weighted by Crippen LogP contribution is -2.51. The standard InChI is InChI=1S/C32H35N3O6/c1-3-30(37)41-31-27(14-9-15-28(31)35-17-16-34(20-29(35)36)18-19-39-4-2)33-32(38)40-21-26-24-12-7-5-10-22(24)23-11-6-8-13-25(23)26/h5-15,26H,3-4,16-21H2,1-2H3,(H,33,38). The first-order chi connectivity index (χ1) is 20.0. The fourth-order valence-corrected chi connectivity index (χ4v) is 5.38. The molecule has 1 saturated heterocycles. The molecule has 2 aliphatic rings. The smallest absolute Gasteiger partial charge is 0.411 e. The van der Waals surface area contributed by atoms with Crippen molar-refractivity contribution in [3.05, 3.63) is 77.9 Å². The summed E-state index contributed by atoms with van der Waals surface area (Å²) in [5.74, 6) is -0.562. The highest BCUT2D eigenvalue weighted by Gasteiger charge is 2.31. The fraction of sp³-hybridized carbons (Fsp3) is 0.344. The summed E-state index contributed by atoms with van der Waals surface area (Å²) in [7, 11) is 0. The number of rotatable bonds is 10. The zero-order valence-electron chi connectivity index (χ0n) is 23.4. The number of anilines is 2. The lowest BCUT2D eigenvalue weighted by molar-refractivity contribution is -0.134. The van der Waals surface area contributed by atoms with Crippen LogP contribution < -0.4 is 15.0 Å². The summed E-state index contributed by atoms with van der Waals surface area (Å²) in [5.41, 5.74) is 5.19. The van der Waals surface area contributed by atoms with E-state index in [0.717, 1.165) is 22.3 Å². The number of ether oxygens (including phenoxy) is 3. The number of benzene rings is 3. The van der Waals surface area contributed by atoms with Crippen molar-refractivity contribution in [3.8, 4) is 16.9 Å². The molecule has 9 heteroatoms. The summed E-state index contributed by atoms with van der Waals surface area (Å²) in [6, 6.07) is 21.3. The molecule has 1 heterocycles. The van der Waals surface area contributed by atoms with Crippen LogP contribution in [0, 0.1) is 0 Å². The van der Waals surface area contributed by atoms with E-state index in [1.165, 1.54) is 0 Å². The molecule has 0 atom stereocenters. The van der Waals surface area contributed by atoms with Gasteiger partial charge in [0.2, 0.25) is 5.91 Å². The summed E-state index contributed by atoms with van der Waals surface area (Å²) >= 11 is 0. The number of carbonyl (C=O) groups is 3. The van der Waals surface area contributed by atoms with Crippen LogP contribution in [0.1, 0.15) is 37.3 Å². The third-order valence-corrected chi connectivity index (χ3v) is 7.43. The fourth-order valence-electron chi connectivity index (χ4n) is 5.38. The van der Waals surface area contributed by atoms with Gasteiger partial charge < -0.3 is 19.1 Å². The highest BCUT2D eigenvalue weighted by atomic mass is 16.6. The average molecular weight is 558 g/mol. The van der Waals surface area contributed by atoms with Gasteiger partial charge in [-0.2, -0.15) is 0 Å². The number of nitrogens with one attached hydrogen (secondary N) is 1. The maximum atomic E-state index is 13.1. The summed E-state index contributed by atoms with van der Waals surface area (Å²) in [6.07, 6.45) is -0.539. The number of piperazine rings is 1. The van der Waals surface area contributed by atoms with Gasteiger partial charge in [0.05, 0.1) is 24.5 Å². The number of hydrogen-bond donors (Lipinski definition) is 1. The summed E-state index contributed by atoms with van der Waals surface area (Å²) in [4.78, 5) is 42.2. The molecule has 3 aromatic carbocycles. The Balaban J connectivity index is 1.31. The molecule has 0 unspecified atom stereocenters. The Kier molecular flexibility index (Phi) is 8.96. The SMILES string of the molecule is CCOCCN1CCN(c2cccc(NC(=O)OCC3c4ccccc4-c4ccccc43)c2OC(=O)CC)C(=O)C1. The third-order valence-electron chi connectivity index (χ3n) is 7.43. The predicted molar refractivity (Wildman–Crippen MR) is 156 cm³/mol. The number of carbonyl (C=O) groups excluding carboxylic acids is 3. The van der Waals surface area contributed by atoms with Crippen LogP contribution in [0.15, 0.2) is 66.7 Å². The van der Waals surface area contributed by atoms with Crippen LogP contribution in [0.4, 0.5) is 16.2 Å². The number of fused-ring (bicyclic) bond motifs is 3. The van der Waals surface area contributed by atoms with Crippen LogP contribution in [-0.4, -0.2) is 68.9 Å². The minimum Gasteiger partial charge on any atom is -0.448 e. The van der Waals surface area contributed by atoms with Crippen LogP contribution in [-0.2, 0) is 19.1 Å². The van der Waals surface area contributed by atoms with E-state index in [-0.39, 0.29) is 42.8 Å². The number of amides is 2. The highest BCUT2D eigenvalue weighted by molar-refractivity contribution is 6.00. The zero-order chi connectivity index (χ0) is 28.8. The van der Waals surface area contributed by atoms with Crippen molar-refractivity contribution in [2.45, 2.75) is 26.2 Å². The number of nitrogens with zero attached hydrogens (tertiary/aromatic N) is 2. The maximum absolute atomic E-state index is 13.1. The molecule has 5 rings (SSSR count). The van der Waals surface area contributed by atoms with Crippen LogP contribution in [0.2, 0.25) is 0 Å². The van der Waals surface area contributed by atoms with Gasteiger partial charge in [0.25, 0.3) is 0 Å². The van der Waals surface area contributed by atoms with Crippen molar-refractivity contribution in [2.75, 3.05) is 56.2 Å². The van der Waals surface area contributed by atoms with Crippen molar-refractivity contribution in [1.82, 2.24) is 4.90 Å². The lowest BCUT2D eigenvalue weighted by atomic mass is 9.98. The first-order valence-electron chi connectivity index (χ1n) is 14.1. The second-order valence-electron chi connectivity index (χ2n) is 9.95. The van der Waals surface area contributed by atoms with Crippen LogP contribution in [0.3, 0.4) is 0 Å². The second kappa shape index (κ2) is 13.0. The predicted octanol–water partition coefficient (Wildman–Crippen LogP) is 5.05. The molecule has 1 aliphatic heterocycles. The largest absolute Gasteiger partial charge is 0.448 e. The molecule has 2 amide bonds. The van der Waals surface area contributed by atoms with E-state index in [1.807, 2.05) is 36.1 Å². The topological polar surface area (TPSA) is 97.4 Å². The van der Waals surface area contributed by atoms with Gasteiger partial charge in [-0.15, -0.1) is 0 Å². The molecule has 1 aliphatic carbocycles. The molecular weight excluding hydrogens is 522 g/mol. The zero-order valence-corrected chi connectivity index (χ0v) is 23.4. The van der Waals surface area contributed by atoms with Gasteiger partial charge >= 0.3 is 12.1 Å². The van der Waals surface area contributed by atoms with E-state index >= 15 is 0 Å². The summed E-state index contributed by atoms with van der Waals surface area (Å²) in [6.45, 7) is 6.89. The average Bonchev–Trinajstić information content (AvgIpc) is 3.31. The minimum atomic E-state index is -0.676. The maximum Gasteiger partial charge on any atom is 0.411 e. The Labute approximate surface area is 240 Å². The molecule has 1 fully saturated rings. The van der Waals surface area contributed by atoms with Crippen molar-refractivity contribution in [2.24, 2.45) is 0 Å². The van der Waals surface area contributed by atoms with E-state index in [4.69, 9.17) is 14.2 Å². The van der Waals surface area contributed by atoms with Crippen LogP contribution >= 0.6 is 0 Å². The Bertz CT molecular complexity index is 1380. The van der Waals surface area contributed by atoms with Crippen molar-refractivity contribution >= 4 is 29.3 Å². The molecule has 214 valence electrons. The van der Waals surface area contributed by atoms with Crippen molar-refractivity contribution in [1.29, 1.82) is 0 Å². The van der Waals surface area contributed by atoms with E-state index < -0.39 is 12.1 Å². The third kappa shape index (κ3) is 6.26. The molecule has 0 saturated carbocycles. The van der Waals surface area contributed by atoms with E-state index in [0.29, 0.717) is 38.5 Å². The van der Waals surface area contributed by atoms with Gasteiger partial charge in [0.15, 0.2) is 5.75 Å². The van der Waals surface area contributed by atoms with Gasteiger partial charge in [0.1, 0.15) is 6.61 Å². The quantitative estimate of drug-likeness (QED) is 0.212. The Morgan fingerprint density at radius 1 is 0.927 bits per heavy atom. The molecule has 1 N–H and O–H groups in total. The van der Waals surface area contributed by atoms with Crippen LogP contribution in [0.25, 0.3) is 11.1 Å². The molecule has 3 aromatic rings. The first kappa shape index (κ1) is 28.3. The molecule has 0 bridgehead atoms. The Morgan fingerprint density at radius 2 is 1.63 bits per heavy atom. The normalized spacial score (nSPS) is 14.9. The van der Waals surface area contributed by atoms with Crippen molar-refractivity contribution in [3.63, 3.8) is 0 Å². The van der Waals surface area contributed by atoms with E-state index in [9.17, 15) is 14.4 Å². The molecular formula is C32H35N3O6. The highest BCUT2D eigenvalue weighted by Crippen LogP contribution is 2.44. The number of para-hydroxylation sites is 1. The second-order valence-corrected chi connectivity index (χ2v) is 9.95. The summed E-state index contributed by atoms with van der Waals surface area (Å²) < 4.78 is 16.8. The molecule has 9 nitrogen and oxygen atoms in total. The van der Waals surface area contributed by atoms with E-state index in [1.54, 1.807) is 30.0 Å². The molecule has 41 heavy (non-hydrogen) atoms. The van der Waals surface area contributed by atoms with Gasteiger partial charge in [0, 0.05) is 38.6 Å². The molecule has 0 radical (unpaired) electrons. The minimum absolute atomic E-state index is 0.0893. The lowest BCUT2D eigenvalue weighted by Gasteiger charge is -2.35. The van der Waals surface area contributed by atoms with Gasteiger partial charge in [-0.05, 0) is 41.3 Å². The van der Waals surface area contributed by atoms with Gasteiger partial charge in [-0.1, -0.05) is 61.5 Å². The van der Waals surface area contributed by atoms with Crippen molar-refractivity contribution < 1.29 is 28.6 Å². The summed E-state index contributed by atoms with van der Waals surface area (Å²) in [5, 5.41) is 2.75.